The summed E-state index contributed by atoms with van der Waals surface area (Å²) < 4.78 is 10.6. The van der Waals surface area contributed by atoms with Crippen LogP contribution in [0.15, 0.2) is 48.5 Å². The van der Waals surface area contributed by atoms with Crippen LogP contribution in [0.1, 0.15) is 35.3 Å². The van der Waals surface area contributed by atoms with Crippen molar-refractivity contribution in [3.63, 3.8) is 0 Å². The van der Waals surface area contributed by atoms with Crippen LogP contribution in [-0.2, 0) is 22.5 Å². The zero-order chi connectivity index (χ0) is 19.4. The normalized spacial score (nSPS) is 18.4. The van der Waals surface area contributed by atoms with Gasteiger partial charge in [0.2, 0.25) is 0 Å². The molecule has 0 aliphatic heterocycles. The van der Waals surface area contributed by atoms with E-state index in [2.05, 4.69) is 5.32 Å². The number of benzene rings is 2. The molecule has 1 unspecified atom stereocenters. The van der Waals surface area contributed by atoms with E-state index in [1.165, 1.54) is 0 Å². The maximum absolute atomic E-state index is 13.1. The number of nitrogens with one attached hydrogen (secondary N) is 1. The Morgan fingerprint density at radius 1 is 1.15 bits per heavy atom. The SMILES string of the molecule is COc1ccc(CNC2(C(=O)OCC(C)C)Cc3ccccc3C2=O)cc1. The minimum atomic E-state index is -1.38. The molecule has 0 saturated carbocycles. The second-order valence-electron chi connectivity index (χ2n) is 7.26. The van der Waals surface area contributed by atoms with Gasteiger partial charge in [-0.25, -0.2) is 4.79 Å². The molecule has 0 spiro atoms. The van der Waals surface area contributed by atoms with Gasteiger partial charge in [-0.05, 0) is 29.2 Å². The van der Waals surface area contributed by atoms with Gasteiger partial charge in [-0.2, -0.15) is 0 Å². The van der Waals surface area contributed by atoms with Crippen molar-refractivity contribution in [3.05, 3.63) is 65.2 Å². The van der Waals surface area contributed by atoms with E-state index in [0.717, 1.165) is 16.9 Å². The fourth-order valence-corrected chi connectivity index (χ4v) is 3.23. The molecule has 0 aromatic heterocycles. The second-order valence-corrected chi connectivity index (χ2v) is 7.26. The Bertz CT molecular complexity index is 828. The average Bonchev–Trinajstić information content (AvgIpc) is 2.98. The van der Waals surface area contributed by atoms with Crippen molar-refractivity contribution < 1.29 is 19.1 Å². The fraction of sp³-hybridized carbons (Fsp3) is 0.364. The van der Waals surface area contributed by atoms with Crippen molar-refractivity contribution in [2.45, 2.75) is 32.4 Å². The van der Waals surface area contributed by atoms with Crippen LogP contribution in [0.5, 0.6) is 5.75 Å². The minimum Gasteiger partial charge on any atom is -0.497 e. The first-order valence-corrected chi connectivity index (χ1v) is 9.14. The molecule has 0 radical (unpaired) electrons. The molecule has 0 heterocycles. The molecule has 1 aliphatic carbocycles. The quantitative estimate of drug-likeness (QED) is 0.602. The van der Waals surface area contributed by atoms with E-state index < -0.39 is 11.5 Å². The van der Waals surface area contributed by atoms with Crippen LogP contribution in [0.4, 0.5) is 0 Å². The number of carbonyl (C=O) groups excluding carboxylic acids is 2. The summed E-state index contributed by atoms with van der Waals surface area (Å²) in [4.78, 5) is 26.1. The molecule has 1 aliphatic rings. The van der Waals surface area contributed by atoms with Gasteiger partial charge in [0.1, 0.15) is 5.75 Å². The highest BCUT2D eigenvalue weighted by molar-refractivity contribution is 6.20. The maximum Gasteiger partial charge on any atom is 0.334 e. The Morgan fingerprint density at radius 3 is 2.48 bits per heavy atom. The van der Waals surface area contributed by atoms with Crippen LogP contribution in [0.3, 0.4) is 0 Å². The Balaban J connectivity index is 1.84. The third-order valence-corrected chi connectivity index (χ3v) is 4.75. The zero-order valence-corrected chi connectivity index (χ0v) is 16.0. The lowest BCUT2D eigenvalue weighted by Crippen LogP contribution is -2.57. The van der Waals surface area contributed by atoms with Crippen LogP contribution in [-0.4, -0.2) is 31.0 Å². The number of methoxy groups -OCH3 is 1. The van der Waals surface area contributed by atoms with E-state index >= 15 is 0 Å². The second kappa shape index (κ2) is 7.92. The summed E-state index contributed by atoms with van der Waals surface area (Å²) in [5, 5.41) is 3.20. The number of ether oxygens (including phenoxy) is 2. The van der Waals surface area contributed by atoms with Gasteiger partial charge in [0.15, 0.2) is 11.3 Å². The highest BCUT2D eigenvalue weighted by atomic mass is 16.5. The summed E-state index contributed by atoms with van der Waals surface area (Å²) in [5.41, 5.74) is 1.03. The molecule has 27 heavy (non-hydrogen) atoms. The first-order chi connectivity index (χ1) is 13.0. The molecule has 2 aromatic carbocycles. The van der Waals surface area contributed by atoms with E-state index in [0.29, 0.717) is 18.5 Å². The van der Waals surface area contributed by atoms with Crippen LogP contribution < -0.4 is 10.1 Å². The minimum absolute atomic E-state index is 0.200. The molecule has 142 valence electrons. The topological polar surface area (TPSA) is 64.6 Å². The van der Waals surface area contributed by atoms with Crippen LogP contribution in [0.2, 0.25) is 0 Å². The lowest BCUT2D eigenvalue weighted by Gasteiger charge is -2.27. The van der Waals surface area contributed by atoms with Gasteiger partial charge in [0, 0.05) is 18.5 Å². The van der Waals surface area contributed by atoms with Crippen molar-refractivity contribution in [1.82, 2.24) is 5.32 Å². The Morgan fingerprint density at radius 2 is 1.85 bits per heavy atom. The number of carbonyl (C=O) groups is 2. The lowest BCUT2D eigenvalue weighted by molar-refractivity contribution is -0.150. The predicted molar refractivity (Wildman–Crippen MR) is 103 cm³/mol. The molecule has 5 heteroatoms. The van der Waals surface area contributed by atoms with E-state index in [-0.39, 0.29) is 18.3 Å². The lowest BCUT2D eigenvalue weighted by atomic mass is 9.93. The molecule has 1 N–H and O–H groups in total. The van der Waals surface area contributed by atoms with Gasteiger partial charge >= 0.3 is 5.97 Å². The van der Waals surface area contributed by atoms with Gasteiger partial charge in [-0.3, -0.25) is 10.1 Å². The zero-order valence-electron chi connectivity index (χ0n) is 16.0. The third-order valence-electron chi connectivity index (χ3n) is 4.75. The van der Waals surface area contributed by atoms with E-state index in [1.807, 2.05) is 56.3 Å². The van der Waals surface area contributed by atoms with Gasteiger partial charge in [-0.15, -0.1) is 0 Å². The first kappa shape index (κ1) is 19.1. The molecule has 5 nitrogen and oxygen atoms in total. The molecule has 0 fully saturated rings. The first-order valence-electron chi connectivity index (χ1n) is 9.14. The van der Waals surface area contributed by atoms with Crippen molar-refractivity contribution in [1.29, 1.82) is 0 Å². The smallest absolute Gasteiger partial charge is 0.334 e. The number of hydrogen-bond donors (Lipinski definition) is 1. The summed E-state index contributed by atoms with van der Waals surface area (Å²) in [7, 11) is 1.61. The van der Waals surface area contributed by atoms with Gasteiger partial charge in [0.25, 0.3) is 0 Å². The molecule has 3 rings (SSSR count). The Hall–Kier alpha value is -2.66. The largest absolute Gasteiger partial charge is 0.497 e. The van der Waals surface area contributed by atoms with Crippen LogP contribution in [0.25, 0.3) is 0 Å². The van der Waals surface area contributed by atoms with Crippen LogP contribution >= 0.6 is 0 Å². The molecule has 2 aromatic rings. The fourth-order valence-electron chi connectivity index (χ4n) is 3.23. The monoisotopic (exact) mass is 367 g/mol. The van der Waals surface area contributed by atoms with E-state index in [1.54, 1.807) is 13.2 Å². The van der Waals surface area contributed by atoms with Crippen molar-refractivity contribution in [2.24, 2.45) is 5.92 Å². The number of ketones is 1. The molecular formula is C22H25NO4. The van der Waals surface area contributed by atoms with Crippen LogP contribution in [0, 0.1) is 5.92 Å². The Labute approximate surface area is 159 Å². The van der Waals surface area contributed by atoms with Gasteiger partial charge < -0.3 is 9.47 Å². The average molecular weight is 367 g/mol. The number of esters is 1. The summed E-state index contributed by atoms with van der Waals surface area (Å²) in [6.07, 6.45) is 0.301. The highest BCUT2D eigenvalue weighted by Crippen LogP contribution is 2.32. The third kappa shape index (κ3) is 3.88. The Kier molecular flexibility index (Phi) is 5.61. The van der Waals surface area contributed by atoms with E-state index in [4.69, 9.17) is 9.47 Å². The molecule has 0 bridgehead atoms. The molecule has 1 atom stereocenters. The number of hydrogen-bond acceptors (Lipinski definition) is 5. The maximum atomic E-state index is 13.1. The van der Waals surface area contributed by atoms with Gasteiger partial charge in [-0.1, -0.05) is 50.2 Å². The predicted octanol–water partition coefficient (Wildman–Crippen LogP) is 3.16. The molecule has 0 amide bonds. The molecule has 0 saturated heterocycles. The summed E-state index contributed by atoms with van der Waals surface area (Å²) >= 11 is 0. The van der Waals surface area contributed by atoms with Crippen molar-refractivity contribution in [3.8, 4) is 5.75 Å². The number of Topliss-reactive ketones (excluding diaryl/α,β-unsaturated/α-hetero) is 1. The summed E-state index contributed by atoms with van der Waals surface area (Å²) in [6.45, 7) is 4.60. The van der Waals surface area contributed by atoms with Crippen molar-refractivity contribution >= 4 is 11.8 Å². The number of rotatable bonds is 7. The molecular weight excluding hydrogens is 342 g/mol. The van der Waals surface area contributed by atoms with Crippen molar-refractivity contribution in [2.75, 3.05) is 13.7 Å². The standard InChI is InChI=1S/C22H25NO4/c1-15(2)14-27-21(25)22(12-17-6-4-5-7-19(17)20(22)24)23-13-16-8-10-18(26-3)11-9-16/h4-11,15,23H,12-14H2,1-3H3. The summed E-state index contributed by atoms with van der Waals surface area (Å²) in [6, 6.07) is 14.9. The highest BCUT2D eigenvalue weighted by Gasteiger charge is 2.52. The summed E-state index contributed by atoms with van der Waals surface area (Å²) in [5.74, 6) is 0.229. The number of fused-ring (bicyclic) bond motifs is 1. The van der Waals surface area contributed by atoms with Gasteiger partial charge in [0.05, 0.1) is 13.7 Å². The van der Waals surface area contributed by atoms with E-state index in [9.17, 15) is 9.59 Å².